The van der Waals surface area contributed by atoms with Crippen LogP contribution < -0.4 is 5.32 Å². The van der Waals surface area contributed by atoms with Gasteiger partial charge in [-0.2, -0.15) is 0 Å². The molecule has 1 aromatic rings. The van der Waals surface area contributed by atoms with Crippen LogP contribution in [0.3, 0.4) is 0 Å². The van der Waals surface area contributed by atoms with E-state index < -0.39 is 11.5 Å². The van der Waals surface area contributed by atoms with E-state index in [4.69, 9.17) is 0 Å². The fourth-order valence-electron chi connectivity index (χ4n) is 1.72. The Balaban J connectivity index is 2.47. The second-order valence-electron chi connectivity index (χ2n) is 3.82. The third-order valence-corrected chi connectivity index (χ3v) is 3.01. The molecule has 1 heterocycles. The molecule has 0 unspecified atom stereocenters. The summed E-state index contributed by atoms with van der Waals surface area (Å²) in [6.07, 6.45) is 6.47. The molecule has 90 valence electrons. The Bertz CT molecular complexity index is 318. The summed E-state index contributed by atoms with van der Waals surface area (Å²) in [4.78, 5) is 15.1. The zero-order valence-electron chi connectivity index (χ0n) is 9.81. The third kappa shape index (κ3) is 2.82. The van der Waals surface area contributed by atoms with Gasteiger partial charge in [-0.05, 0) is 12.8 Å². The monoisotopic (exact) mass is 225 g/mol. The summed E-state index contributed by atoms with van der Waals surface area (Å²) in [5.41, 5.74) is -0.791. The highest BCUT2D eigenvalue weighted by Gasteiger charge is 2.33. The highest BCUT2D eigenvalue weighted by atomic mass is 16.4. The number of imidazole rings is 1. The molecule has 0 fully saturated rings. The Labute approximate surface area is 95.5 Å². The van der Waals surface area contributed by atoms with Gasteiger partial charge in [0.05, 0.1) is 6.33 Å². The van der Waals surface area contributed by atoms with Gasteiger partial charge in [0, 0.05) is 25.5 Å². The molecule has 0 aliphatic rings. The molecule has 0 amide bonds. The lowest BCUT2D eigenvalue weighted by atomic mass is 9.93. The highest BCUT2D eigenvalue weighted by Crippen LogP contribution is 2.14. The lowest BCUT2D eigenvalue weighted by Gasteiger charge is -2.28. The van der Waals surface area contributed by atoms with E-state index in [1.807, 2.05) is 24.6 Å². The molecule has 0 aromatic carbocycles. The van der Waals surface area contributed by atoms with Crippen molar-refractivity contribution in [2.75, 3.05) is 6.54 Å². The Morgan fingerprint density at radius 3 is 2.62 bits per heavy atom. The first-order valence-electron chi connectivity index (χ1n) is 5.58. The third-order valence-electron chi connectivity index (χ3n) is 3.01. The summed E-state index contributed by atoms with van der Waals surface area (Å²) in [6, 6.07) is 0. The van der Waals surface area contributed by atoms with Gasteiger partial charge in [-0.3, -0.25) is 4.79 Å². The van der Waals surface area contributed by atoms with Crippen LogP contribution in [0, 0.1) is 0 Å². The van der Waals surface area contributed by atoms with Gasteiger partial charge in [0.15, 0.2) is 0 Å². The van der Waals surface area contributed by atoms with Crippen molar-refractivity contribution in [2.45, 2.75) is 38.8 Å². The number of hydrogen-bond donors (Lipinski definition) is 2. The average Bonchev–Trinajstić information content (AvgIpc) is 2.77. The average molecular weight is 225 g/mol. The second-order valence-corrected chi connectivity index (χ2v) is 3.82. The van der Waals surface area contributed by atoms with E-state index in [1.165, 1.54) is 0 Å². The first kappa shape index (κ1) is 12.7. The van der Waals surface area contributed by atoms with Gasteiger partial charge in [0.1, 0.15) is 5.54 Å². The molecule has 5 nitrogen and oxygen atoms in total. The van der Waals surface area contributed by atoms with Gasteiger partial charge in [-0.1, -0.05) is 13.8 Å². The Morgan fingerprint density at radius 2 is 2.19 bits per heavy atom. The van der Waals surface area contributed by atoms with Crippen molar-refractivity contribution >= 4 is 5.97 Å². The maximum atomic E-state index is 11.2. The summed E-state index contributed by atoms with van der Waals surface area (Å²) in [5, 5.41) is 12.3. The molecule has 1 rings (SSSR count). The molecule has 0 atom stereocenters. The van der Waals surface area contributed by atoms with Crippen molar-refractivity contribution in [3.63, 3.8) is 0 Å². The number of aromatic nitrogens is 2. The number of carboxylic acids is 1. The number of aliphatic carboxylic acids is 1. The molecule has 1 aromatic heterocycles. The van der Waals surface area contributed by atoms with Crippen molar-refractivity contribution < 1.29 is 9.90 Å². The van der Waals surface area contributed by atoms with E-state index in [0.717, 1.165) is 6.54 Å². The maximum absolute atomic E-state index is 11.2. The molecule has 0 radical (unpaired) electrons. The number of rotatable bonds is 7. The molecule has 0 saturated carbocycles. The maximum Gasteiger partial charge on any atom is 0.323 e. The molecule has 0 aliphatic heterocycles. The summed E-state index contributed by atoms with van der Waals surface area (Å²) in [5.74, 6) is -0.775. The number of nitrogens with one attached hydrogen (secondary N) is 1. The standard InChI is InChI=1S/C11H19N3O2/c1-3-11(4-2,10(15)16)13-6-8-14-7-5-12-9-14/h5,7,9,13H,3-4,6,8H2,1-2H3,(H,15,16). The van der Waals surface area contributed by atoms with Crippen molar-refractivity contribution in [2.24, 2.45) is 0 Å². The van der Waals surface area contributed by atoms with Crippen LogP contribution in [0.15, 0.2) is 18.7 Å². The molecular weight excluding hydrogens is 206 g/mol. The van der Waals surface area contributed by atoms with Crippen molar-refractivity contribution in [1.29, 1.82) is 0 Å². The summed E-state index contributed by atoms with van der Waals surface area (Å²) in [7, 11) is 0. The highest BCUT2D eigenvalue weighted by molar-refractivity contribution is 5.78. The number of hydrogen-bond acceptors (Lipinski definition) is 3. The van der Waals surface area contributed by atoms with Crippen LogP contribution >= 0.6 is 0 Å². The lowest BCUT2D eigenvalue weighted by Crippen LogP contribution is -2.52. The fourth-order valence-corrected chi connectivity index (χ4v) is 1.72. The van der Waals surface area contributed by atoms with Crippen LogP contribution in [-0.4, -0.2) is 32.7 Å². The Hall–Kier alpha value is -1.36. The zero-order valence-corrected chi connectivity index (χ0v) is 9.81. The zero-order chi connectivity index (χ0) is 12.0. The molecule has 5 heteroatoms. The smallest absolute Gasteiger partial charge is 0.323 e. The van der Waals surface area contributed by atoms with Crippen LogP contribution in [0.2, 0.25) is 0 Å². The molecule has 0 spiro atoms. The van der Waals surface area contributed by atoms with Crippen molar-refractivity contribution in [3.05, 3.63) is 18.7 Å². The van der Waals surface area contributed by atoms with Crippen LogP contribution in [-0.2, 0) is 11.3 Å². The van der Waals surface area contributed by atoms with Gasteiger partial charge < -0.3 is 15.0 Å². The number of carboxylic acid groups (broad SMARTS) is 1. The number of carbonyl (C=O) groups is 1. The minimum absolute atomic E-state index is 0.586. The van der Waals surface area contributed by atoms with E-state index in [0.29, 0.717) is 19.4 Å². The first-order chi connectivity index (χ1) is 7.64. The molecule has 2 N–H and O–H groups in total. The van der Waals surface area contributed by atoms with E-state index >= 15 is 0 Å². The Kier molecular flexibility index (Phi) is 4.49. The quantitative estimate of drug-likeness (QED) is 0.729. The van der Waals surface area contributed by atoms with E-state index in [1.54, 1.807) is 12.5 Å². The SMILES string of the molecule is CCC(CC)(NCCn1ccnc1)C(=O)O. The molecule has 0 saturated heterocycles. The second kappa shape index (κ2) is 5.65. The molecular formula is C11H19N3O2. The van der Waals surface area contributed by atoms with Crippen LogP contribution in [0.1, 0.15) is 26.7 Å². The summed E-state index contributed by atoms with van der Waals surface area (Å²) >= 11 is 0. The minimum Gasteiger partial charge on any atom is -0.480 e. The molecule has 16 heavy (non-hydrogen) atoms. The lowest BCUT2D eigenvalue weighted by molar-refractivity contribution is -0.145. The van der Waals surface area contributed by atoms with Crippen LogP contribution in [0.25, 0.3) is 0 Å². The van der Waals surface area contributed by atoms with Gasteiger partial charge in [-0.25, -0.2) is 4.98 Å². The molecule has 0 aliphatic carbocycles. The summed E-state index contributed by atoms with van der Waals surface area (Å²) < 4.78 is 1.92. The van der Waals surface area contributed by atoms with Gasteiger partial charge in [0.2, 0.25) is 0 Å². The first-order valence-corrected chi connectivity index (χ1v) is 5.58. The predicted octanol–water partition coefficient (Wildman–Crippen LogP) is 1.12. The molecule has 0 bridgehead atoms. The van der Waals surface area contributed by atoms with Crippen molar-refractivity contribution in [3.8, 4) is 0 Å². The van der Waals surface area contributed by atoms with E-state index in [-0.39, 0.29) is 0 Å². The van der Waals surface area contributed by atoms with Gasteiger partial charge >= 0.3 is 5.97 Å². The predicted molar refractivity (Wildman–Crippen MR) is 61.2 cm³/mol. The summed E-state index contributed by atoms with van der Waals surface area (Å²) in [6.45, 7) is 5.14. The van der Waals surface area contributed by atoms with Crippen LogP contribution in [0.4, 0.5) is 0 Å². The topological polar surface area (TPSA) is 67.2 Å². The van der Waals surface area contributed by atoms with Crippen LogP contribution in [0.5, 0.6) is 0 Å². The van der Waals surface area contributed by atoms with Gasteiger partial charge in [-0.15, -0.1) is 0 Å². The Morgan fingerprint density at radius 1 is 1.50 bits per heavy atom. The fraction of sp³-hybridized carbons (Fsp3) is 0.636. The minimum atomic E-state index is -0.791. The largest absolute Gasteiger partial charge is 0.480 e. The van der Waals surface area contributed by atoms with Crippen molar-refractivity contribution in [1.82, 2.24) is 14.9 Å². The normalized spacial score (nSPS) is 11.6. The number of nitrogens with zero attached hydrogens (tertiary/aromatic N) is 2. The van der Waals surface area contributed by atoms with E-state index in [9.17, 15) is 9.90 Å². The van der Waals surface area contributed by atoms with E-state index in [2.05, 4.69) is 10.3 Å². The van der Waals surface area contributed by atoms with Gasteiger partial charge in [0.25, 0.3) is 0 Å².